The second-order valence-corrected chi connectivity index (χ2v) is 2.76. The average molecular weight is 243 g/mol. The summed E-state index contributed by atoms with van der Waals surface area (Å²) in [6.07, 6.45) is 0. The van der Waals surface area contributed by atoms with E-state index in [0.29, 0.717) is 12.1 Å². The molecule has 1 aromatic carbocycles. The molecule has 0 aliphatic heterocycles. The van der Waals surface area contributed by atoms with Crippen LogP contribution in [0.3, 0.4) is 0 Å². The van der Waals surface area contributed by atoms with Gasteiger partial charge in [0.25, 0.3) is 5.24 Å². The Bertz CT molecular complexity index is 394. The summed E-state index contributed by atoms with van der Waals surface area (Å²) in [5.41, 5.74) is -0.854. The quantitative estimate of drug-likeness (QED) is 0.602. The smallest absolute Gasteiger partial charge is 0.387 e. The van der Waals surface area contributed by atoms with Crippen molar-refractivity contribution in [2.75, 3.05) is 0 Å². The first-order valence-corrected chi connectivity index (χ1v) is 3.93. The van der Waals surface area contributed by atoms with E-state index in [2.05, 4.69) is 4.74 Å². The average Bonchev–Trinajstić information content (AvgIpc) is 2.09. The van der Waals surface area contributed by atoms with E-state index in [4.69, 9.17) is 11.6 Å². The summed E-state index contributed by atoms with van der Waals surface area (Å²) in [4.78, 5) is 10.6. The lowest BCUT2D eigenvalue weighted by Crippen LogP contribution is -2.07. The Balaban J connectivity index is 3.22. The standard InChI is InChI=1S/C8H3ClF4O2/c9-7(14)4-1-3(10)2-5(6(4)11)15-8(12)13/h1-2,8H. The Morgan fingerprint density at radius 2 is 1.93 bits per heavy atom. The molecule has 0 N–H and O–H groups in total. The van der Waals surface area contributed by atoms with Crippen molar-refractivity contribution >= 4 is 16.8 Å². The van der Waals surface area contributed by atoms with Crippen molar-refractivity contribution in [3.05, 3.63) is 29.3 Å². The second-order valence-electron chi connectivity index (χ2n) is 2.42. The topological polar surface area (TPSA) is 26.3 Å². The number of hydrogen-bond acceptors (Lipinski definition) is 2. The van der Waals surface area contributed by atoms with Crippen LogP contribution in [-0.4, -0.2) is 11.9 Å². The maximum absolute atomic E-state index is 13.1. The van der Waals surface area contributed by atoms with Gasteiger partial charge in [-0.2, -0.15) is 8.78 Å². The van der Waals surface area contributed by atoms with E-state index in [1.54, 1.807) is 0 Å². The molecule has 1 rings (SSSR count). The highest BCUT2D eigenvalue weighted by atomic mass is 35.5. The highest BCUT2D eigenvalue weighted by Crippen LogP contribution is 2.25. The summed E-state index contributed by atoms with van der Waals surface area (Å²) in [7, 11) is 0. The third-order valence-corrected chi connectivity index (χ3v) is 1.64. The number of carbonyl (C=O) groups is 1. The number of hydrogen-bond donors (Lipinski definition) is 0. The van der Waals surface area contributed by atoms with E-state index in [1.165, 1.54) is 0 Å². The Morgan fingerprint density at radius 3 is 2.40 bits per heavy atom. The van der Waals surface area contributed by atoms with Crippen LogP contribution < -0.4 is 4.74 Å². The van der Waals surface area contributed by atoms with Crippen LogP contribution in [0.2, 0.25) is 0 Å². The van der Waals surface area contributed by atoms with Crippen LogP contribution >= 0.6 is 11.6 Å². The molecule has 0 spiro atoms. The molecule has 0 saturated carbocycles. The van der Waals surface area contributed by atoms with E-state index in [1.807, 2.05) is 0 Å². The van der Waals surface area contributed by atoms with E-state index < -0.39 is 34.8 Å². The fourth-order valence-corrected chi connectivity index (χ4v) is 1.03. The van der Waals surface area contributed by atoms with E-state index in [0.717, 1.165) is 0 Å². The molecule has 0 aliphatic rings. The lowest BCUT2D eigenvalue weighted by atomic mass is 10.2. The second kappa shape index (κ2) is 4.48. The van der Waals surface area contributed by atoms with Crippen molar-refractivity contribution in [1.29, 1.82) is 0 Å². The molecule has 82 valence electrons. The van der Waals surface area contributed by atoms with Crippen LogP contribution in [-0.2, 0) is 0 Å². The van der Waals surface area contributed by atoms with Gasteiger partial charge in [-0.05, 0) is 17.7 Å². The number of alkyl halides is 2. The Labute approximate surface area is 86.4 Å². The van der Waals surface area contributed by atoms with Crippen LogP contribution in [0.5, 0.6) is 5.75 Å². The van der Waals surface area contributed by atoms with Gasteiger partial charge in [0.1, 0.15) is 5.82 Å². The molecule has 0 bridgehead atoms. The van der Waals surface area contributed by atoms with Gasteiger partial charge >= 0.3 is 6.61 Å². The van der Waals surface area contributed by atoms with Gasteiger partial charge in [-0.15, -0.1) is 0 Å². The molecule has 15 heavy (non-hydrogen) atoms. The zero-order chi connectivity index (χ0) is 11.6. The molecule has 0 aromatic heterocycles. The van der Waals surface area contributed by atoms with Crippen molar-refractivity contribution in [2.24, 2.45) is 0 Å². The molecule has 0 heterocycles. The first-order valence-electron chi connectivity index (χ1n) is 3.55. The van der Waals surface area contributed by atoms with Crippen LogP contribution in [0.25, 0.3) is 0 Å². The van der Waals surface area contributed by atoms with Gasteiger partial charge in [0.05, 0.1) is 5.56 Å². The highest BCUT2D eigenvalue weighted by Gasteiger charge is 2.19. The third kappa shape index (κ3) is 2.82. The first-order chi connectivity index (χ1) is 6.91. The van der Waals surface area contributed by atoms with Gasteiger partial charge in [-0.25, -0.2) is 8.78 Å². The van der Waals surface area contributed by atoms with Crippen LogP contribution in [0, 0.1) is 11.6 Å². The summed E-state index contributed by atoms with van der Waals surface area (Å²) < 4.78 is 53.0. The molecular weight excluding hydrogens is 240 g/mol. The number of halogens is 5. The predicted molar refractivity (Wildman–Crippen MR) is 43.2 cm³/mol. The van der Waals surface area contributed by atoms with Gasteiger partial charge in [-0.1, -0.05) is 0 Å². The lowest BCUT2D eigenvalue weighted by Gasteiger charge is -2.07. The third-order valence-electron chi connectivity index (χ3n) is 1.43. The highest BCUT2D eigenvalue weighted by molar-refractivity contribution is 6.67. The summed E-state index contributed by atoms with van der Waals surface area (Å²) >= 11 is 4.90. The monoisotopic (exact) mass is 242 g/mol. The molecule has 2 nitrogen and oxygen atoms in total. The molecule has 0 radical (unpaired) electrons. The van der Waals surface area contributed by atoms with Crippen molar-refractivity contribution in [2.45, 2.75) is 6.61 Å². The summed E-state index contributed by atoms with van der Waals surface area (Å²) in [5, 5.41) is -1.30. The van der Waals surface area contributed by atoms with Crippen molar-refractivity contribution in [3.63, 3.8) is 0 Å². The SMILES string of the molecule is O=C(Cl)c1cc(F)cc(OC(F)F)c1F. The molecule has 0 saturated heterocycles. The van der Waals surface area contributed by atoms with E-state index in [9.17, 15) is 22.4 Å². The van der Waals surface area contributed by atoms with Crippen molar-refractivity contribution in [1.82, 2.24) is 0 Å². The maximum atomic E-state index is 13.1. The fourth-order valence-electron chi connectivity index (χ4n) is 0.889. The first kappa shape index (κ1) is 11.8. The van der Waals surface area contributed by atoms with Crippen LogP contribution in [0.1, 0.15) is 10.4 Å². The molecule has 0 amide bonds. The predicted octanol–water partition coefficient (Wildman–Crippen LogP) is 2.95. The molecular formula is C8H3ClF4O2. The molecule has 1 aromatic rings. The Morgan fingerprint density at radius 1 is 1.33 bits per heavy atom. The molecule has 0 fully saturated rings. The lowest BCUT2D eigenvalue weighted by molar-refractivity contribution is -0.0524. The van der Waals surface area contributed by atoms with E-state index in [-0.39, 0.29) is 0 Å². The number of benzene rings is 1. The minimum Gasteiger partial charge on any atom is -0.432 e. The number of carbonyl (C=O) groups excluding carboxylic acids is 1. The number of rotatable bonds is 3. The molecule has 7 heteroatoms. The number of ether oxygens (including phenoxy) is 1. The van der Waals surface area contributed by atoms with Gasteiger partial charge in [-0.3, -0.25) is 4.79 Å². The summed E-state index contributed by atoms with van der Waals surface area (Å²) in [5.74, 6) is -3.58. The Hall–Kier alpha value is -1.30. The van der Waals surface area contributed by atoms with Crippen molar-refractivity contribution < 1.29 is 27.1 Å². The summed E-state index contributed by atoms with van der Waals surface area (Å²) in [6.45, 7) is -3.32. The van der Waals surface area contributed by atoms with Gasteiger partial charge in [0.2, 0.25) is 0 Å². The minimum absolute atomic E-state index is 0.394. The van der Waals surface area contributed by atoms with Gasteiger partial charge in [0.15, 0.2) is 11.6 Å². The van der Waals surface area contributed by atoms with E-state index >= 15 is 0 Å². The van der Waals surface area contributed by atoms with Gasteiger partial charge < -0.3 is 4.74 Å². The zero-order valence-corrected chi connectivity index (χ0v) is 7.69. The van der Waals surface area contributed by atoms with Crippen LogP contribution in [0.15, 0.2) is 12.1 Å². The maximum Gasteiger partial charge on any atom is 0.387 e. The molecule has 0 atom stereocenters. The summed E-state index contributed by atoms with van der Waals surface area (Å²) in [6, 6.07) is 0.883. The molecule has 0 aliphatic carbocycles. The minimum atomic E-state index is -3.32. The normalized spacial score (nSPS) is 10.5. The largest absolute Gasteiger partial charge is 0.432 e. The molecule has 0 unspecified atom stereocenters. The fraction of sp³-hybridized carbons (Fsp3) is 0.125. The van der Waals surface area contributed by atoms with Crippen molar-refractivity contribution in [3.8, 4) is 5.75 Å². The Kier molecular flexibility index (Phi) is 3.52. The van der Waals surface area contributed by atoms with Gasteiger partial charge in [0, 0.05) is 6.07 Å². The zero-order valence-electron chi connectivity index (χ0n) is 6.94. The van der Waals surface area contributed by atoms with Crippen LogP contribution in [0.4, 0.5) is 17.6 Å².